The molecule has 3 nitrogen and oxygen atoms in total. The van der Waals surface area contributed by atoms with Crippen molar-refractivity contribution in [2.45, 2.75) is 39.7 Å². The average molecular weight is 282 g/mol. The summed E-state index contributed by atoms with van der Waals surface area (Å²) >= 11 is 5.95. The normalized spacial score (nSPS) is 17.9. The van der Waals surface area contributed by atoms with Crippen LogP contribution in [0.4, 0.5) is 5.69 Å². The first-order valence-corrected chi connectivity index (χ1v) is 7.53. The largest absolute Gasteiger partial charge is 0.381 e. The predicted molar refractivity (Wildman–Crippen MR) is 81.9 cm³/mol. The maximum Gasteiger partial charge on any atom is 0.132 e. The lowest BCUT2D eigenvalue weighted by Gasteiger charge is -2.33. The molecule has 2 rings (SSSR count). The number of aromatic nitrogens is 1. The van der Waals surface area contributed by atoms with Gasteiger partial charge in [0.05, 0.1) is 11.9 Å². The lowest BCUT2D eigenvalue weighted by Crippen LogP contribution is -2.40. The van der Waals surface area contributed by atoms with Gasteiger partial charge in [-0.1, -0.05) is 25.4 Å². The third-order valence-corrected chi connectivity index (χ3v) is 3.99. The van der Waals surface area contributed by atoms with E-state index in [4.69, 9.17) is 11.6 Å². The summed E-state index contributed by atoms with van der Waals surface area (Å²) in [4.78, 5) is 6.75. The van der Waals surface area contributed by atoms with Gasteiger partial charge in [0.15, 0.2) is 0 Å². The van der Waals surface area contributed by atoms with Gasteiger partial charge in [0.1, 0.15) is 5.15 Å². The molecule has 0 amide bonds. The van der Waals surface area contributed by atoms with Crippen molar-refractivity contribution >= 4 is 17.3 Å². The Labute approximate surface area is 121 Å². The van der Waals surface area contributed by atoms with Crippen LogP contribution in [0.2, 0.25) is 5.15 Å². The molecule has 0 saturated carbocycles. The lowest BCUT2D eigenvalue weighted by molar-refractivity contribution is 0.198. The molecule has 1 aromatic heterocycles. The van der Waals surface area contributed by atoms with Gasteiger partial charge in [-0.3, -0.25) is 0 Å². The van der Waals surface area contributed by atoms with Crippen LogP contribution in [0, 0.1) is 12.8 Å². The number of nitrogens with one attached hydrogen (secondary N) is 1. The molecule has 0 atom stereocenters. The number of nitrogens with zero attached hydrogens (tertiary/aromatic N) is 2. The first kappa shape index (κ1) is 14.6. The molecular formula is C15H24ClN3. The maximum absolute atomic E-state index is 5.95. The van der Waals surface area contributed by atoms with E-state index in [2.05, 4.69) is 35.1 Å². The Morgan fingerprint density at radius 3 is 2.68 bits per heavy atom. The van der Waals surface area contributed by atoms with Crippen molar-refractivity contribution in [2.75, 3.05) is 25.0 Å². The fraction of sp³-hybridized carbons (Fsp3) is 0.667. The molecule has 1 saturated heterocycles. The lowest BCUT2D eigenvalue weighted by atomic mass is 10.0. The quantitative estimate of drug-likeness (QED) is 0.855. The Kier molecular flexibility index (Phi) is 5.06. The standard InChI is InChI=1S/C15H24ClN3/c1-11(2)10-19-6-4-13(5-7-19)18-14-8-12(3)15(16)17-9-14/h8-9,11,13,18H,4-7,10H2,1-3H3. The summed E-state index contributed by atoms with van der Waals surface area (Å²) in [5.74, 6) is 0.757. The Morgan fingerprint density at radius 1 is 1.42 bits per heavy atom. The summed E-state index contributed by atoms with van der Waals surface area (Å²) in [5, 5.41) is 4.17. The molecule has 0 spiro atoms. The van der Waals surface area contributed by atoms with E-state index >= 15 is 0 Å². The van der Waals surface area contributed by atoms with Gasteiger partial charge in [0.2, 0.25) is 0 Å². The van der Waals surface area contributed by atoms with Crippen LogP contribution in [-0.4, -0.2) is 35.6 Å². The Morgan fingerprint density at radius 2 is 2.11 bits per heavy atom. The highest BCUT2D eigenvalue weighted by atomic mass is 35.5. The van der Waals surface area contributed by atoms with Gasteiger partial charge in [0, 0.05) is 25.7 Å². The zero-order chi connectivity index (χ0) is 13.8. The van der Waals surface area contributed by atoms with Gasteiger partial charge >= 0.3 is 0 Å². The number of hydrogen-bond donors (Lipinski definition) is 1. The minimum Gasteiger partial charge on any atom is -0.381 e. The van der Waals surface area contributed by atoms with Crippen molar-refractivity contribution in [1.82, 2.24) is 9.88 Å². The smallest absolute Gasteiger partial charge is 0.132 e. The summed E-state index contributed by atoms with van der Waals surface area (Å²) in [5.41, 5.74) is 2.12. The average Bonchev–Trinajstić information content (AvgIpc) is 2.36. The topological polar surface area (TPSA) is 28.2 Å². The van der Waals surface area contributed by atoms with Crippen molar-refractivity contribution in [3.63, 3.8) is 0 Å². The molecule has 19 heavy (non-hydrogen) atoms. The third kappa shape index (κ3) is 4.36. The second-order valence-electron chi connectivity index (χ2n) is 5.94. The number of halogens is 1. The van der Waals surface area contributed by atoms with Crippen LogP contribution in [0.25, 0.3) is 0 Å². The molecule has 4 heteroatoms. The Hall–Kier alpha value is -0.800. The zero-order valence-electron chi connectivity index (χ0n) is 12.1. The highest BCUT2D eigenvalue weighted by Crippen LogP contribution is 2.20. The molecular weight excluding hydrogens is 258 g/mol. The van der Waals surface area contributed by atoms with E-state index in [1.165, 1.54) is 32.5 Å². The first-order chi connectivity index (χ1) is 9.04. The van der Waals surface area contributed by atoms with E-state index < -0.39 is 0 Å². The molecule has 0 aromatic carbocycles. The molecule has 1 N–H and O–H groups in total. The highest BCUT2D eigenvalue weighted by Gasteiger charge is 2.19. The van der Waals surface area contributed by atoms with E-state index in [0.29, 0.717) is 11.2 Å². The van der Waals surface area contributed by atoms with E-state index in [-0.39, 0.29) is 0 Å². The summed E-state index contributed by atoms with van der Waals surface area (Å²) in [6.07, 6.45) is 4.23. The van der Waals surface area contributed by atoms with Crippen LogP contribution in [-0.2, 0) is 0 Å². The van der Waals surface area contributed by atoms with Gasteiger partial charge in [0.25, 0.3) is 0 Å². The van der Waals surface area contributed by atoms with E-state index in [1.807, 2.05) is 13.1 Å². The maximum atomic E-state index is 5.95. The minimum absolute atomic E-state index is 0.561. The van der Waals surface area contributed by atoms with Crippen LogP contribution < -0.4 is 5.32 Å². The van der Waals surface area contributed by atoms with Crippen LogP contribution in [0.1, 0.15) is 32.3 Å². The summed E-state index contributed by atoms with van der Waals surface area (Å²) in [6, 6.07) is 2.64. The van der Waals surface area contributed by atoms with Crippen LogP contribution in [0.3, 0.4) is 0 Å². The fourth-order valence-corrected chi connectivity index (χ4v) is 2.75. The number of rotatable bonds is 4. The number of aryl methyl sites for hydroxylation is 1. The van der Waals surface area contributed by atoms with Crippen molar-refractivity contribution in [2.24, 2.45) is 5.92 Å². The number of pyridine rings is 1. The molecule has 106 valence electrons. The second-order valence-corrected chi connectivity index (χ2v) is 6.30. The van der Waals surface area contributed by atoms with Crippen LogP contribution in [0.15, 0.2) is 12.3 Å². The SMILES string of the molecule is Cc1cc(NC2CCN(CC(C)C)CC2)cnc1Cl. The summed E-state index contributed by atoms with van der Waals surface area (Å²) in [7, 11) is 0. The number of hydrogen-bond acceptors (Lipinski definition) is 3. The van der Waals surface area contributed by atoms with Gasteiger partial charge in [-0.05, 0) is 37.3 Å². The molecule has 0 bridgehead atoms. The van der Waals surface area contributed by atoms with Crippen LogP contribution in [0.5, 0.6) is 0 Å². The second kappa shape index (κ2) is 6.58. The van der Waals surface area contributed by atoms with E-state index in [1.54, 1.807) is 0 Å². The number of likely N-dealkylation sites (tertiary alicyclic amines) is 1. The minimum atomic E-state index is 0.561. The van der Waals surface area contributed by atoms with Gasteiger partial charge in [-0.2, -0.15) is 0 Å². The van der Waals surface area contributed by atoms with Gasteiger partial charge in [-0.25, -0.2) is 4.98 Å². The fourth-order valence-electron chi connectivity index (χ4n) is 2.65. The Bertz CT molecular complexity index is 412. The van der Waals surface area contributed by atoms with E-state index in [0.717, 1.165) is 17.2 Å². The molecule has 1 aliphatic heterocycles. The van der Waals surface area contributed by atoms with Gasteiger partial charge in [-0.15, -0.1) is 0 Å². The van der Waals surface area contributed by atoms with Crippen LogP contribution >= 0.6 is 11.6 Å². The summed E-state index contributed by atoms with van der Waals surface area (Å²) < 4.78 is 0. The molecule has 0 unspecified atom stereocenters. The first-order valence-electron chi connectivity index (χ1n) is 7.15. The van der Waals surface area contributed by atoms with Crippen molar-refractivity contribution in [3.05, 3.63) is 23.0 Å². The van der Waals surface area contributed by atoms with Crippen molar-refractivity contribution in [3.8, 4) is 0 Å². The molecule has 1 aliphatic rings. The molecule has 1 fully saturated rings. The monoisotopic (exact) mass is 281 g/mol. The van der Waals surface area contributed by atoms with Crippen molar-refractivity contribution in [1.29, 1.82) is 0 Å². The third-order valence-electron chi connectivity index (χ3n) is 3.60. The molecule has 1 aromatic rings. The number of piperidine rings is 1. The molecule has 0 radical (unpaired) electrons. The van der Waals surface area contributed by atoms with Gasteiger partial charge < -0.3 is 10.2 Å². The zero-order valence-corrected chi connectivity index (χ0v) is 12.9. The Balaban J connectivity index is 1.83. The predicted octanol–water partition coefficient (Wildman–Crippen LogP) is 3.58. The van der Waals surface area contributed by atoms with Crippen molar-refractivity contribution < 1.29 is 0 Å². The highest BCUT2D eigenvalue weighted by molar-refractivity contribution is 6.30. The summed E-state index contributed by atoms with van der Waals surface area (Å²) in [6.45, 7) is 10.2. The number of anilines is 1. The molecule has 2 heterocycles. The molecule has 0 aliphatic carbocycles. The van der Waals surface area contributed by atoms with E-state index in [9.17, 15) is 0 Å².